The first-order valence-electron chi connectivity index (χ1n) is 7.21. The van der Waals surface area contributed by atoms with E-state index in [9.17, 15) is 4.79 Å². The third-order valence-electron chi connectivity index (χ3n) is 3.36. The van der Waals surface area contributed by atoms with Crippen LogP contribution in [0.3, 0.4) is 0 Å². The summed E-state index contributed by atoms with van der Waals surface area (Å²) >= 11 is 0. The van der Waals surface area contributed by atoms with Gasteiger partial charge in [0.1, 0.15) is 5.75 Å². The number of ether oxygens (including phenoxy) is 1. The molecule has 0 aliphatic heterocycles. The lowest BCUT2D eigenvalue weighted by atomic mass is 10.0. The Kier molecular flexibility index (Phi) is 4.83. The normalized spacial score (nSPS) is 11.1. The lowest BCUT2D eigenvalue weighted by molar-refractivity contribution is -0.120. The van der Waals surface area contributed by atoms with Crippen LogP contribution in [0.4, 0.5) is 5.69 Å². The van der Waals surface area contributed by atoms with Crippen LogP contribution in [0.1, 0.15) is 25.0 Å². The highest BCUT2D eigenvalue weighted by Gasteiger charge is 2.22. The van der Waals surface area contributed by atoms with Crippen LogP contribution in [-0.2, 0) is 11.2 Å². The predicted molar refractivity (Wildman–Crippen MR) is 89.1 cm³/mol. The summed E-state index contributed by atoms with van der Waals surface area (Å²) < 4.78 is 5.41. The van der Waals surface area contributed by atoms with Crippen LogP contribution in [0.2, 0.25) is 0 Å². The highest BCUT2D eigenvalue weighted by molar-refractivity contribution is 5.97. The van der Waals surface area contributed by atoms with Crippen molar-refractivity contribution in [1.82, 2.24) is 0 Å². The Bertz CT molecular complexity index is 646. The number of methoxy groups -OCH3 is 1. The molecule has 0 aliphatic carbocycles. The van der Waals surface area contributed by atoms with Gasteiger partial charge in [-0.15, -0.1) is 0 Å². The maximum atomic E-state index is 12.0. The van der Waals surface area contributed by atoms with Crippen LogP contribution in [0.25, 0.3) is 0 Å². The van der Waals surface area contributed by atoms with Gasteiger partial charge in [0.2, 0.25) is 5.91 Å². The van der Waals surface area contributed by atoms with E-state index in [4.69, 9.17) is 10.5 Å². The number of nitrogens with one attached hydrogen (secondary N) is 1. The van der Waals surface area contributed by atoms with Crippen LogP contribution >= 0.6 is 0 Å². The van der Waals surface area contributed by atoms with Gasteiger partial charge >= 0.3 is 0 Å². The smallest absolute Gasteiger partial charge is 0.243 e. The molecule has 22 heavy (non-hydrogen) atoms. The SMILES string of the molecule is COc1ccc(NC(=O)C(C)(C)N)cc1Cc1ccccc1. The lowest BCUT2D eigenvalue weighted by Crippen LogP contribution is -2.45. The van der Waals surface area contributed by atoms with Crippen molar-refractivity contribution in [2.24, 2.45) is 5.73 Å². The molecule has 0 unspecified atom stereocenters. The molecule has 0 fully saturated rings. The first-order chi connectivity index (χ1) is 10.4. The maximum absolute atomic E-state index is 12.0. The Labute approximate surface area is 131 Å². The maximum Gasteiger partial charge on any atom is 0.243 e. The molecule has 1 amide bonds. The van der Waals surface area contributed by atoms with E-state index in [2.05, 4.69) is 17.4 Å². The second-order valence-electron chi connectivity index (χ2n) is 5.86. The Balaban J connectivity index is 2.25. The second-order valence-corrected chi connectivity index (χ2v) is 5.86. The Morgan fingerprint density at radius 3 is 2.45 bits per heavy atom. The molecule has 0 saturated carbocycles. The average Bonchev–Trinajstić information content (AvgIpc) is 2.47. The zero-order chi connectivity index (χ0) is 16.2. The van der Waals surface area contributed by atoms with Gasteiger partial charge in [0, 0.05) is 17.7 Å². The van der Waals surface area contributed by atoms with Gasteiger partial charge in [-0.25, -0.2) is 0 Å². The predicted octanol–water partition coefficient (Wildman–Crippen LogP) is 2.96. The van der Waals surface area contributed by atoms with Crippen molar-refractivity contribution in [1.29, 1.82) is 0 Å². The molecule has 0 aliphatic rings. The zero-order valence-corrected chi connectivity index (χ0v) is 13.2. The van der Waals surface area contributed by atoms with Crippen LogP contribution in [0.5, 0.6) is 5.75 Å². The van der Waals surface area contributed by atoms with Gasteiger partial charge in [-0.2, -0.15) is 0 Å². The minimum atomic E-state index is -0.917. The number of carbonyl (C=O) groups is 1. The zero-order valence-electron chi connectivity index (χ0n) is 13.2. The molecule has 0 radical (unpaired) electrons. The fourth-order valence-electron chi connectivity index (χ4n) is 2.10. The molecule has 2 aromatic rings. The van der Waals surface area contributed by atoms with Gasteiger partial charge in [0.25, 0.3) is 0 Å². The highest BCUT2D eigenvalue weighted by Crippen LogP contribution is 2.25. The minimum Gasteiger partial charge on any atom is -0.496 e. The van der Waals surface area contributed by atoms with Crippen LogP contribution in [0.15, 0.2) is 48.5 Å². The van der Waals surface area contributed by atoms with Gasteiger partial charge in [-0.05, 0) is 37.6 Å². The van der Waals surface area contributed by atoms with Crippen LogP contribution in [-0.4, -0.2) is 18.6 Å². The molecular formula is C18H22N2O2. The lowest BCUT2D eigenvalue weighted by Gasteiger charge is -2.18. The number of nitrogens with two attached hydrogens (primary N) is 1. The summed E-state index contributed by atoms with van der Waals surface area (Å²) in [6.07, 6.45) is 0.736. The largest absolute Gasteiger partial charge is 0.496 e. The summed E-state index contributed by atoms with van der Waals surface area (Å²) in [5.74, 6) is 0.581. The van der Waals surface area contributed by atoms with E-state index >= 15 is 0 Å². The number of rotatable bonds is 5. The molecule has 0 aromatic heterocycles. The molecular weight excluding hydrogens is 276 g/mol. The number of anilines is 1. The van der Waals surface area contributed by atoms with Gasteiger partial charge in [-0.1, -0.05) is 30.3 Å². The summed E-state index contributed by atoms with van der Waals surface area (Å²) in [6.45, 7) is 3.35. The van der Waals surface area contributed by atoms with E-state index in [1.807, 2.05) is 36.4 Å². The number of hydrogen-bond donors (Lipinski definition) is 2. The van der Waals surface area contributed by atoms with Crippen molar-refractivity contribution in [2.45, 2.75) is 25.8 Å². The first-order valence-corrected chi connectivity index (χ1v) is 7.21. The number of carbonyl (C=O) groups excluding carboxylic acids is 1. The number of amides is 1. The molecule has 4 heteroatoms. The molecule has 116 valence electrons. The van der Waals surface area contributed by atoms with Gasteiger partial charge < -0.3 is 15.8 Å². The molecule has 0 saturated heterocycles. The van der Waals surface area contributed by atoms with E-state index < -0.39 is 5.54 Å². The fraction of sp³-hybridized carbons (Fsp3) is 0.278. The highest BCUT2D eigenvalue weighted by atomic mass is 16.5. The van der Waals surface area contributed by atoms with E-state index in [0.29, 0.717) is 0 Å². The van der Waals surface area contributed by atoms with Crippen molar-refractivity contribution in [2.75, 3.05) is 12.4 Å². The molecule has 0 heterocycles. The fourth-order valence-corrected chi connectivity index (χ4v) is 2.10. The van der Waals surface area contributed by atoms with Crippen molar-refractivity contribution < 1.29 is 9.53 Å². The van der Waals surface area contributed by atoms with Gasteiger partial charge in [0.05, 0.1) is 12.6 Å². The summed E-state index contributed by atoms with van der Waals surface area (Å²) in [6, 6.07) is 15.7. The van der Waals surface area contributed by atoms with Crippen LogP contribution < -0.4 is 15.8 Å². The van der Waals surface area contributed by atoms with E-state index in [0.717, 1.165) is 23.4 Å². The van der Waals surface area contributed by atoms with Gasteiger partial charge in [0.15, 0.2) is 0 Å². The van der Waals surface area contributed by atoms with Crippen molar-refractivity contribution >= 4 is 11.6 Å². The Morgan fingerprint density at radius 2 is 1.86 bits per heavy atom. The standard InChI is InChI=1S/C18H22N2O2/c1-18(2,19)17(21)20-15-9-10-16(22-3)14(12-15)11-13-7-5-4-6-8-13/h4-10,12H,11,19H2,1-3H3,(H,20,21). The summed E-state index contributed by atoms with van der Waals surface area (Å²) in [5, 5.41) is 2.84. The topological polar surface area (TPSA) is 64.3 Å². The molecule has 2 aromatic carbocycles. The molecule has 0 bridgehead atoms. The quantitative estimate of drug-likeness (QED) is 0.892. The van der Waals surface area contributed by atoms with Crippen molar-refractivity contribution in [3.63, 3.8) is 0 Å². The number of benzene rings is 2. The molecule has 0 atom stereocenters. The molecule has 2 rings (SSSR count). The minimum absolute atomic E-state index is 0.219. The van der Waals surface area contributed by atoms with Crippen molar-refractivity contribution in [3.05, 3.63) is 59.7 Å². The van der Waals surface area contributed by atoms with Gasteiger partial charge in [-0.3, -0.25) is 4.79 Å². The van der Waals surface area contributed by atoms with Crippen LogP contribution in [0, 0.1) is 0 Å². The third kappa shape index (κ3) is 4.09. The molecule has 4 nitrogen and oxygen atoms in total. The number of hydrogen-bond acceptors (Lipinski definition) is 3. The second kappa shape index (κ2) is 6.62. The molecule has 3 N–H and O–H groups in total. The van der Waals surface area contributed by atoms with E-state index in [1.165, 1.54) is 5.56 Å². The summed E-state index contributed by atoms with van der Waals surface area (Å²) in [5.41, 5.74) is 7.81. The Hall–Kier alpha value is -2.33. The first kappa shape index (κ1) is 16.0. The summed E-state index contributed by atoms with van der Waals surface area (Å²) in [7, 11) is 1.64. The van der Waals surface area contributed by atoms with Crippen molar-refractivity contribution in [3.8, 4) is 5.75 Å². The third-order valence-corrected chi connectivity index (χ3v) is 3.36. The van der Waals surface area contributed by atoms with E-state index in [-0.39, 0.29) is 5.91 Å². The van der Waals surface area contributed by atoms with E-state index in [1.54, 1.807) is 21.0 Å². The Morgan fingerprint density at radius 1 is 1.18 bits per heavy atom. The molecule has 0 spiro atoms. The summed E-state index contributed by atoms with van der Waals surface area (Å²) in [4.78, 5) is 12.0. The average molecular weight is 298 g/mol. The monoisotopic (exact) mass is 298 g/mol.